The summed E-state index contributed by atoms with van der Waals surface area (Å²) in [5.74, 6) is -0.0728. The van der Waals surface area contributed by atoms with Gasteiger partial charge in [-0.15, -0.1) is 0 Å². The van der Waals surface area contributed by atoms with Crippen molar-refractivity contribution in [2.75, 3.05) is 26.3 Å². The van der Waals surface area contributed by atoms with Gasteiger partial charge in [0.15, 0.2) is 0 Å². The second-order valence-electron chi connectivity index (χ2n) is 6.23. The van der Waals surface area contributed by atoms with E-state index in [1.807, 2.05) is 26.0 Å². The molecular weight excluding hydrogens is 332 g/mol. The van der Waals surface area contributed by atoms with Gasteiger partial charge in [-0.05, 0) is 49.2 Å². The molecule has 1 aliphatic heterocycles. The van der Waals surface area contributed by atoms with Gasteiger partial charge in [-0.3, -0.25) is 9.59 Å². The Bertz CT molecular complexity index is 818. The molecule has 26 heavy (non-hydrogen) atoms. The van der Waals surface area contributed by atoms with Gasteiger partial charge in [0.2, 0.25) is 0 Å². The zero-order valence-corrected chi connectivity index (χ0v) is 15.0. The van der Waals surface area contributed by atoms with Crippen LogP contribution in [-0.2, 0) is 9.53 Å². The first-order chi connectivity index (χ1) is 12.5. The molecule has 3 rings (SSSR count). The van der Waals surface area contributed by atoms with Crippen molar-refractivity contribution in [3.05, 3.63) is 64.7 Å². The third-order valence-electron chi connectivity index (χ3n) is 4.38. The standard InChI is InChI=1S/C20H22N2O4/c1-14-5-6-16(12-15(14)2)19(23)21-18(13-17-4-3-9-26-17)20(24)22-7-10-25-11-8-22/h3-6,9,12-13H,7-8,10-11H2,1-2H3,(H,21,23)/b18-13+. The summed E-state index contributed by atoms with van der Waals surface area (Å²) in [4.78, 5) is 27.2. The summed E-state index contributed by atoms with van der Waals surface area (Å²) < 4.78 is 10.6. The summed E-state index contributed by atoms with van der Waals surface area (Å²) in [6, 6.07) is 8.92. The van der Waals surface area contributed by atoms with Crippen LogP contribution in [0.3, 0.4) is 0 Å². The summed E-state index contributed by atoms with van der Waals surface area (Å²) in [6.07, 6.45) is 3.07. The van der Waals surface area contributed by atoms with Crippen molar-refractivity contribution in [1.29, 1.82) is 0 Å². The molecule has 1 aromatic carbocycles. The fraction of sp³-hybridized carbons (Fsp3) is 0.300. The Morgan fingerprint density at radius 1 is 1.12 bits per heavy atom. The Kier molecular flexibility index (Phi) is 5.53. The fourth-order valence-corrected chi connectivity index (χ4v) is 2.68. The van der Waals surface area contributed by atoms with E-state index in [-0.39, 0.29) is 17.5 Å². The van der Waals surface area contributed by atoms with Crippen LogP contribution >= 0.6 is 0 Å². The molecule has 0 spiro atoms. The maximum absolute atomic E-state index is 12.9. The normalized spacial score (nSPS) is 15.0. The molecule has 1 aliphatic rings. The number of carbonyl (C=O) groups excluding carboxylic acids is 2. The lowest BCUT2D eigenvalue weighted by atomic mass is 10.1. The Hall–Kier alpha value is -2.86. The minimum Gasteiger partial charge on any atom is -0.465 e. The number of carbonyl (C=O) groups is 2. The van der Waals surface area contributed by atoms with Gasteiger partial charge in [0.25, 0.3) is 11.8 Å². The minimum atomic E-state index is -0.326. The van der Waals surface area contributed by atoms with E-state index in [0.717, 1.165) is 11.1 Å². The van der Waals surface area contributed by atoms with Crippen molar-refractivity contribution in [3.8, 4) is 0 Å². The summed E-state index contributed by atoms with van der Waals surface area (Å²) in [5.41, 5.74) is 2.82. The Morgan fingerprint density at radius 3 is 2.54 bits per heavy atom. The van der Waals surface area contributed by atoms with Gasteiger partial charge in [-0.25, -0.2) is 0 Å². The monoisotopic (exact) mass is 354 g/mol. The van der Waals surface area contributed by atoms with Crippen LogP contribution in [-0.4, -0.2) is 43.0 Å². The first-order valence-corrected chi connectivity index (χ1v) is 8.55. The number of hydrogen-bond donors (Lipinski definition) is 1. The molecular formula is C20H22N2O4. The predicted octanol–water partition coefficient (Wildman–Crippen LogP) is 2.53. The van der Waals surface area contributed by atoms with Crippen LogP contribution in [0.2, 0.25) is 0 Å². The molecule has 0 aliphatic carbocycles. The second kappa shape index (κ2) is 8.01. The number of nitrogens with zero attached hydrogens (tertiary/aromatic N) is 1. The third-order valence-corrected chi connectivity index (χ3v) is 4.38. The second-order valence-corrected chi connectivity index (χ2v) is 6.23. The summed E-state index contributed by atoms with van der Waals surface area (Å²) in [6.45, 7) is 5.91. The average Bonchev–Trinajstić information content (AvgIpc) is 3.16. The maximum atomic E-state index is 12.9. The van der Waals surface area contributed by atoms with Crippen LogP contribution < -0.4 is 5.32 Å². The van der Waals surface area contributed by atoms with E-state index < -0.39 is 0 Å². The molecule has 0 atom stereocenters. The van der Waals surface area contributed by atoms with Gasteiger partial charge in [-0.2, -0.15) is 0 Å². The van der Waals surface area contributed by atoms with E-state index >= 15 is 0 Å². The number of nitrogens with one attached hydrogen (secondary N) is 1. The highest BCUT2D eigenvalue weighted by molar-refractivity contribution is 6.05. The smallest absolute Gasteiger partial charge is 0.270 e. The van der Waals surface area contributed by atoms with Crippen molar-refractivity contribution in [1.82, 2.24) is 10.2 Å². The van der Waals surface area contributed by atoms with E-state index in [1.165, 1.54) is 6.26 Å². The van der Waals surface area contributed by atoms with Crippen LogP contribution in [0.25, 0.3) is 6.08 Å². The molecule has 1 aromatic heterocycles. The molecule has 1 saturated heterocycles. The van der Waals surface area contributed by atoms with E-state index in [0.29, 0.717) is 37.6 Å². The first kappa shape index (κ1) is 17.9. The van der Waals surface area contributed by atoms with Gasteiger partial charge in [0.05, 0.1) is 19.5 Å². The third kappa shape index (κ3) is 4.21. The molecule has 1 fully saturated rings. The summed E-state index contributed by atoms with van der Waals surface area (Å²) >= 11 is 0. The fourth-order valence-electron chi connectivity index (χ4n) is 2.68. The zero-order chi connectivity index (χ0) is 18.5. The van der Waals surface area contributed by atoms with Crippen LogP contribution in [0.1, 0.15) is 27.2 Å². The summed E-state index contributed by atoms with van der Waals surface area (Å²) in [7, 11) is 0. The lowest BCUT2D eigenvalue weighted by molar-refractivity contribution is -0.131. The van der Waals surface area contributed by atoms with Crippen molar-refractivity contribution >= 4 is 17.9 Å². The van der Waals surface area contributed by atoms with Crippen molar-refractivity contribution in [3.63, 3.8) is 0 Å². The number of ether oxygens (including phenoxy) is 1. The molecule has 0 saturated carbocycles. The molecule has 2 aromatic rings. The van der Waals surface area contributed by atoms with Crippen LogP contribution in [0.15, 0.2) is 46.7 Å². The highest BCUT2D eigenvalue weighted by atomic mass is 16.5. The number of benzene rings is 1. The summed E-state index contributed by atoms with van der Waals surface area (Å²) in [5, 5.41) is 2.75. The predicted molar refractivity (Wildman–Crippen MR) is 97.5 cm³/mol. The van der Waals surface area contributed by atoms with Crippen LogP contribution in [0.4, 0.5) is 0 Å². The van der Waals surface area contributed by atoms with Gasteiger partial charge >= 0.3 is 0 Å². The largest absolute Gasteiger partial charge is 0.465 e. The van der Waals surface area contributed by atoms with E-state index in [1.54, 1.807) is 29.2 Å². The van der Waals surface area contributed by atoms with Crippen LogP contribution in [0, 0.1) is 13.8 Å². The molecule has 6 nitrogen and oxygen atoms in total. The molecule has 0 radical (unpaired) electrons. The Morgan fingerprint density at radius 2 is 1.88 bits per heavy atom. The van der Waals surface area contributed by atoms with Gasteiger partial charge in [-0.1, -0.05) is 6.07 Å². The number of aryl methyl sites for hydroxylation is 2. The zero-order valence-electron chi connectivity index (χ0n) is 15.0. The van der Waals surface area contributed by atoms with Gasteiger partial charge in [0, 0.05) is 24.7 Å². The molecule has 136 valence electrons. The number of hydrogen-bond acceptors (Lipinski definition) is 4. The van der Waals surface area contributed by atoms with Gasteiger partial charge in [0.1, 0.15) is 11.5 Å². The molecule has 0 bridgehead atoms. The lowest BCUT2D eigenvalue weighted by Gasteiger charge is -2.27. The Balaban J connectivity index is 1.84. The molecule has 0 unspecified atom stereocenters. The highest BCUT2D eigenvalue weighted by Gasteiger charge is 2.23. The SMILES string of the molecule is Cc1ccc(C(=O)N/C(=C/c2ccco2)C(=O)N2CCOCC2)cc1C. The van der Waals surface area contributed by atoms with Crippen molar-refractivity contribution < 1.29 is 18.7 Å². The molecule has 1 N–H and O–H groups in total. The van der Waals surface area contributed by atoms with Crippen LogP contribution in [0.5, 0.6) is 0 Å². The number of amides is 2. The molecule has 2 amide bonds. The van der Waals surface area contributed by atoms with Crippen molar-refractivity contribution in [2.45, 2.75) is 13.8 Å². The van der Waals surface area contributed by atoms with E-state index in [4.69, 9.17) is 9.15 Å². The van der Waals surface area contributed by atoms with E-state index in [2.05, 4.69) is 5.32 Å². The number of rotatable bonds is 4. The average molecular weight is 354 g/mol. The number of morpholine rings is 1. The lowest BCUT2D eigenvalue weighted by Crippen LogP contribution is -2.44. The van der Waals surface area contributed by atoms with Crippen molar-refractivity contribution in [2.24, 2.45) is 0 Å². The molecule has 2 heterocycles. The minimum absolute atomic E-state index is 0.185. The maximum Gasteiger partial charge on any atom is 0.270 e. The van der Waals surface area contributed by atoms with Gasteiger partial charge < -0.3 is 19.4 Å². The first-order valence-electron chi connectivity index (χ1n) is 8.55. The molecule has 6 heteroatoms. The Labute approximate surface area is 152 Å². The highest BCUT2D eigenvalue weighted by Crippen LogP contribution is 2.13. The topological polar surface area (TPSA) is 71.8 Å². The number of furan rings is 1. The van der Waals surface area contributed by atoms with E-state index in [9.17, 15) is 9.59 Å². The quantitative estimate of drug-likeness (QED) is 0.857.